The molecule has 0 bridgehead atoms. The second-order valence-electron chi connectivity index (χ2n) is 5.71. The summed E-state index contributed by atoms with van der Waals surface area (Å²) < 4.78 is 6.01. The van der Waals surface area contributed by atoms with Gasteiger partial charge < -0.3 is 10.5 Å². The van der Waals surface area contributed by atoms with Crippen molar-refractivity contribution in [3.05, 3.63) is 24.0 Å². The average molecular weight is 248 g/mol. The van der Waals surface area contributed by atoms with Crippen LogP contribution in [0.2, 0.25) is 0 Å². The van der Waals surface area contributed by atoms with Crippen molar-refractivity contribution in [1.82, 2.24) is 4.98 Å². The minimum absolute atomic E-state index is 0.0189. The van der Waals surface area contributed by atoms with E-state index in [0.717, 1.165) is 36.1 Å². The monoisotopic (exact) mass is 248 g/mol. The zero-order chi connectivity index (χ0) is 13.1. The van der Waals surface area contributed by atoms with Crippen LogP contribution < -0.4 is 10.5 Å². The molecule has 0 amide bonds. The van der Waals surface area contributed by atoms with Crippen LogP contribution >= 0.6 is 0 Å². The number of nitrogens with two attached hydrogens (primary N) is 1. The molecule has 1 aliphatic carbocycles. The Kier molecular flexibility index (Phi) is 4.23. The number of aromatic nitrogens is 1. The van der Waals surface area contributed by atoms with E-state index >= 15 is 0 Å². The van der Waals surface area contributed by atoms with Gasteiger partial charge in [-0.3, -0.25) is 4.98 Å². The smallest absolute Gasteiger partial charge is 0.138 e. The van der Waals surface area contributed by atoms with Crippen molar-refractivity contribution < 1.29 is 4.74 Å². The van der Waals surface area contributed by atoms with Crippen molar-refractivity contribution in [2.24, 2.45) is 17.6 Å². The summed E-state index contributed by atoms with van der Waals surface area (Å²) in [5.74, 6) is 2.44. The Labute approximate surface area is 110 Å². The molecule has 1 heterocycles. The summed E-state index contributed by atoms with van der Waals surface area (Å²) in [4.78, 5) is 4.33. The first-order valence-corrected chi connectivity index (χ1v) is 6.94. The van der Waals surface area contributed by atoms with Gasteiger partial charge in [0.25, 0.3) is 0 Å². The Bertz CT molecular complexity index is 375. The topological polar surface area (TPSA) is 48.1 Å². The Hall–Kier alpha value is -1.09. The Balaban J connectivity index is 1.93. The van der Waals surface area contributed by atoms with Gasteiger partial charge in [-0.15, -0.1) is 0 Å². The lowest BCUT2D eigenvalue weighted by Gasteiger charge is -2.32. The highest BCUT2D eigenvalue weighted by Gasteiger charge is 2.25. The molecular weight excluding hydrogens is 224 g/mol. The highest BCUT2D eigenvalue weighted by Crippen LogP contribution is 2.31. The minimum atomic E-state index is -0.0189. The van der Waals surface area contributed by atoms with Crippen molar-refractivity contribution in [2.75, 3.05) is 0 Å². The van der Waals surface area contributed by atoms with Crippen LogP contribution in [0, 0.1) is 11.8 Å². The van der Waals surface area contributed by atoms with E-state index < -0.39 is 0 Å². The first kappa shape index (κ1) is 13.3. The Morgan fingerprint density at radius 1 is 1.28 bits per heavy atom. The summed E-state index contributed by atoms with van der Waals surface area (Å²) >= 11 is 0. The fourth-order valence-electron chi connectivity index (χ4n) is 2.53. The molecule has 100 valence electrons. The van der Waals surface area contributed by atoms with Gasteiger partial charge in [-0.1, -0.05) is 13.8 Å². The Morgan fingerprint density at radius 2 is 2.06 bits per heavy atom. The summed E-state index contributed by atoms with van der Waals surface area (Å²) in [5.41, 5.74) is 6.69. The van der Waals surface area contributed by atoms with Gasteiger partial charge in [0, 0.05) is 6.04 Å². The van der Waals surface area contributed by atoms with Crippen molar-refractivity contribution >= 4 is 0 Å². The molecule has 3 nitrogen and oxygen atoms in total. The number of hydrogen-bond acceptors (Lipinski definition) is 3. The van der Waals surface area contributed by atoms with E-state index in [0.29, 0.717) is 6.10 Å². The van der Waals surface area contributed by atoms with Crippen LogP contribution in [0.15, 0.2) is 18.3 Å². The van der Waals surface area contributed by atoms with Crippen LogP contribution in [0.25, 0.3) is 0 Å². The van der Waals surface area contributed by atoms with Crippen LogP contribution in [-0.4, -0.2) is 11.1 Å². The number of nitrogens with zero attached hydrogens (tertiary/aromatic N) is 1. The molecule has 1 aromatic rings. The molecule has 0 aromatic carbocycles. The van der Waals surface area contributed by atoms with Gasteiger partial charge in [-0.05, 0) is 50.2 Å². The van der Waals surface area contributed by atoms with Crippen LogP contribution in [0.1, 0.15) is 51.8 Å². The van der Waals surface area contributed by atoms with E-state index in [4.69, 9.17) is 10.5 Å². The van der Waals surface area contributed by atoms with Gasteiger partial charge in [0.1, 0.15) is 5.75 Å². The maximum absolute atomic E-state index is 6.01. The third-order valence-corrected chi connectivity index (χ3v) is 4.08. The predicted octanol–water partition coefficient (Wildman–Crippen LogP) is 3.30. The molecular formula is C15H24N2O. The fourth-order valence-corrected chi connectivity index (χ4v) is 2.53. The standard InChI is InChI=1S/C15H24N2O/c1-10-4-5-13(8-11(10)2)18-14-6-7-15(12(3)16)17-9-14/h6-7,9-13H,4-5,8,16H2,1-3H3/t10?,11?,12-,13?/m0/s1. The maximum atomic E-state index is 6.01. The van der Waals surface area contributed by atoms with Crippen molar-refractivity contribution in [1.29, 1.82) is 0 Å². The molecule has 0 aliphatic heterocycles. The zero-order valence-corrected chi connectivity index (χ0v) is 11.6. The summed E-state index contributed by atoms with van der Waals surface area (Å²) in [6.45, 7) is 6.59. The molecule has 1 saturated carbocycles. The molecule has 18 heavy (non-hydrogen) atoms. The van der Waals surface area contributed by atoms with E-state index in [1.807, 2.05) is 19.1 Å². The first-order valence-electron chi connectivity index (χ1n) is 6.94. The van der Waals surface area contributed by atoms with Crippen molar-refractivity contribution in [3.8, 4) is 5.75 Å². The van der Waals surface area contributed by atoms with Crippen molar-refractivity contribution in [2.45, 2.75) is 52.2 Å². The van der Waals surface area contributed by atoms with Gasteiger partial charge in [0.15, 0.2) is 0 Å². The number of rotatable bonds is 3. The van der Waals surface area contributed by atoms with Crippen LogP contribution in [0.4, 0.5) is 0 Å². The van der Waals surface area contributed by atoms with Crippen molar-refractivity contribution in [3.63, 3.8) is 0 Å². The molecule has 3 unspecified atom stereocenters. The number of ether oxygens (including phenoxy) is 1. The highest BCUT2D eigenvalue weighted by molar-refractivity contribution is 5.21. The van der Waals surface area contributed by atoms with E-state index in [-0.39, 0.29) is 6.04 Å². The maximum Gasteiger partial charge on any atom is 0.138 e. The number of hydrogen-bond donors (Lipinski definition) is 1. The van der Waals surface area contributed by atoms with Crippen LogP contribution in [0.3, 0.4) is 0 Å². The van der Waals surface area contributed by atoms with Gasteiger partial charge >= 0.3 is 0 Å². The predicted molar refractivity (Wildman–Crippen MR) is 73.4 cm³/mol. The third kappa shape index (κ3) is 3.22. The van der Waals surface area contributed by atoms with Gasteiger partial charge in [0.05, 0.1) is 18.0 Å². The molecule has 2 rings (SSSR count). The van der Waals surface area contributed by atoms with Gasteiger partial charge in [0.2, 0.25) is 0 Å². The lowest BCUT2D eigenvalue weighted by Crippen LogP contribution is -2.28. The summed E-state index contributed by atoms with van der Waals surface area (Å²) in [5, 5.41) is 0. The molecule has 0 radical (unpaired) electrons. The zero-order valence-electron chi connectivity index (χ0n) is 11.6. The lowest BCUT2D eigenvalue weighted by atomic mass is 9.80. The molecule has 1 aromatic heterocycles. The normalized spacial score (nSPS) is 29.9. The fraction of sp³-hybridized carbons (Fsp3) is 0.667. The first-order chi connectivity index (χ1) is 8.56. The van der Waals surface area contributed by atoms with E-state index in [9.17, 15) is 0 Å². The van der Waals surface area contributed by atoms with Gasteiger partial charge in [-0.2, -0.15) is 0 Å². The number of pyridine rings is 1. The van der Waals surface area contributed by atoms with Gasteiger partial charge in [-0.25, -0.2) is 0 Å². The lowest BCUT2D eigenvalue weighted by molar-refractivity contribution is 0.100. The molecule has 3 heteroatoms. The molecule has 4 atom stereocenters. The summed E-state index contributed by atoms with van der Waals surface area (Å²) in [6, 6.07) is 3.91. The second kappa shape index (κ2) is 5.70. The van der Waals surface area contributed by atoms with E-state index in [1.54, 1.807) is 6.20 Å². The SMILES string of the molecule is CC1CCC(Oc2ccc([C@H](C)N)nc2)CC1C. The molecule has 0 spiro atoms. The van der Waals surface area contributed by atoms with E-state index in [2.05, 4.69) is 18.8 Å². The molecule has 1 fully saturated rings. The molecule has 2 N–H and O–H groups in total. The molecule has 0 saturated heterocycles. The van der Waals surface area contributed by atoms with E-state index in [1.165, 1.54) is 6.42 Å². The summed E-state index contributed by atoms with van der Waals surface area (Å²) in [6.07, 6.45) is 5.70. The van der Waals surface area contributed by atoms with Crippen LogP contribution in [-0.2, 0) is 0 Å². The molecule has 1 aliphatic rings. The highest BCUT2D eigenvalue weighted by atomic mass is 16.5. The quantitative estimate of drug-likeness (QED) is 0.892. The minimum Gasteiger partial charge on any atom is -0.489 e. The van der Waals surface area contributed by atoms with Crippen LogP contribution in [0.5, 0.6) is 5.75 Å². The summed E-state index contributed by atoms with van der Waals surface area (Å²) in [7, 11) is 0. The third-order valence-electron chi connectivity index (χ3n) is 4.08. The second-order valence-corrected chi connectivity index (χ2v) is 5.71. The Morgan fingerprint density at radius 3 is 2.61 bits per heavy atom. The average Bonchev–Trinajstić information content (AvgIpc) is 2.34. The largest absolute Gasteiger partial charge is 0.489 e.